The molecule has 17 heavy (non-hydrogen) atoms. The molecule has 1 aliphatic rings. The van der Waals surface area contributed by atoms with Gasteiger partial charge in [-0.3, -0.25) is 0 Å². The molecule has 0 aliphatic heterocycles. The first-order valence-electron chi connectivity index (χ1n) is 5.38. The van der Waals surface area contributed by atoms with Crippen LogP contribution in [0.15, 0.2) is 0 Å². The topological polar surface area (TPSA) is 46.5 Å². The Kier molecular flexibility index (Phi) is 3.24. The average Bonchev–Trinajstić information content (AvgIpc) is 2.33. The highest BCUT2D eigenvalue weighted by molar-refractivity contribution is 6.33. The molecule has 0 saturated heterocycles. The molecule has 0 radical (unpaired) electrons. The highest BCUT2D eigenvalue weighted by Crippen LogP contribution is 2.39. The molecular weight excluding hydrogens is 247 g/mol. The number of carboxylic acid groups (broad SMARTS) is 1. The highest BCUT2D eigenvalue weighted by atomic mass is 35.5. The van der Waals surface area contributed by atoms with Crippen LogP contribution < -0.4 is 4.74 Å². The first-order valence-corrected chi connectivity index (χ1v) is 5.75. The van der Waals surface area contributed by atoms with Gasteiger partial charge in [0.2, 0.25) is 0 Å². The number of carboxylic acids is 1. The van der Waals surface area contributed by atoms with Gasteiger partial charge in [-0.05, 0) is 36.8 Å². The number of methoxy groups -OCH3 is 1. The normalized spacial score (nSPS) is 14.3. The highest BCUT2D eigenvalue weighted by Gasteiger charge is 2.28. The van der Waals surface area contributed by atoms with E-state index < -0.39 is 11.8 Å². The maximum Gasteiger partial charge on any atom is 0.339 e. The minimum Gasteiger partial charge on any atom is -0.494 e. The summed E-state index contributed by atoms with van der Waals surface area (Å²) >= 11 is 5.82. The third kappa shape index (κ3) is 1.86. The summed E-state index contributed by atoms with van der Waals surface area (Å²) in [4.78, 5) is 11.3. The van der Waals surface area contributed by atoms with Gasteiger partial charge in [-0.1, -0.05) is 11.6 Å². The molecule has 3 nitrogen and oxygen atoms in total. The minimum atomic E-state index is -1.12. The molecule has 0 amide bonds. The lowest BCUT2D eigenvalue weighted by molar-refractivity contribution is 0.0691. The van der Waals surface area contributed by atoms with E-state index >= 15 is 0 Å². The van der Waals surface area contributed by atoms with E-state index in [4.69, 9.17) is 16.3 Å². The van der Waals surface area contributed by atoms with E-state index in [-0.39, 0.29) is 16.3 Å². The van der Waals surface area contributed by atoms with Crippen molar-refractivity contribution in [1.29, 1.82) is 0 Å². The lowest BCUT2D eigenvalue weighted by Crippen LogP contribution is -2.15. The van der Waals surface area contributed by atoms with Crippen LogP contribution >= 0.6 is 11.6 Å². The number of carbonyl (C=O) groups is 1. The monoisotopic (exact) mass is 258 g/mol. The van der Waals surface area contributed by atoms with Crippen molar-refractivity contribution in [2.45, 2.75) is 25.7 Å². The van der Waals surface area contributed by atoms with Crippen LogP contribution in [0.25, 0.3) is 0 Å². The lowest BCUT2D eigenvalue weighted by atomic mass is 9.87. The Bertz CT molecular complexity index is 485. The Morgan fingerprint density at radius 2 is 1.94 bits per heavy atom. The molecule has 92 valence electrons. The standard InChI is InChI=1S/C12H12ClFO3/c1-17-11-8(12(15)16)6-4-2-3-5-7(6)10(14)9(11)13/h2-5H2,1H3,(H,15,16). The first kappa shape index (κ1) is 12.2. The summed E-state index contributed by atoms with van der Waals surface area (Å²) in [6.07, 6.45) is 2.80. The summed E-state index contributed by atoms with van der Waals surface area (Å²) in [6.45, 7) is 0. The van der Waals surface area contributed by atoms with E-state index in [1.54, 1.807) is 0 Å². The van der Waals surface area contributed by atoms with Crippen LogP contribution in [0.5, 0.6) is 5.75 Å². The number of aromatic carboxylic acids is 1. The third-order valence-electron chi connectivity index (χ3n) is 3.07. The van der Waals surface area contributed by atoms with Crippen molar-refractivity contribution in [2.75, 3.05) is 7.11 Å². The van der Waals surface area contributed by atoms with Gasteiger partial charge < -0.3 is 9.84 Å². The molecule has 1 aliphatic carbocycles. The average molecular weight is 259 g/mol. The molecule has 1 N–H and O–H groups in total. The predicted octanol–water partition coefficient (Wildman–Crippen LogP) is 3.06. The van der Waals surface area contributed by atoms with Crippen molar-refractivity contribution >= 4 is 17.6 Å². The van der Waals surface area contributed by atoms with E-state index in [0.717, 1.165) is 12.8 Å². The molecule has 0 aromatic heterocycles. The molecule has 0 atom stereocenters. The molecular formula is C12H12ClFO3. The number of hydrogen-bond donors (Lipinski definition) is 1. The van der Waals surface area contributed by atoms with Crippen LogP contribution in [0.3, 0.4) is 0 Å². The zero-order chi connectivity index (χ0) is 12.6. The second kappa shape index (κ2) is 4.53. The van der Waals surface area contributed by atoms with Crippen LogP contribution in [0.1, 0.15) is 34.3 Å². The van der Waals surface area contributed by atoms with Gasteiger partial charge in [0, 0.05) is 0 Å². The van der Waals surface area contributed by atoms with Gasteiger partial charge >= 0.3 is 5.97 Å². The Morgan fingerprint density at radius 1 is 1.35 bits per heavy atom. The van der Waals surface area contributed by atoms with Crippen molar-refractivity contribution in [2.24, 2.45) is 0 Å². The summed E-state index contributed by atoms with van der Waals surface area (Å²) in [5.41, 5.74) is 0.968. The van der Waals surface area contributed by atoms with E-state index in [1.165, 1.54) is 7.11 Å². The Balaban J connectivity index is 2.78. The van der Waals surface area contributed by atoms with Crippen molar-refractivity contribution < 1.29 is 19.0 Å². The second-order valence-corrected chi connectivity index (χ2v) is 4.38. The van der Waals surface area contributed by atoms with E-state index in [9.17, 15) is 14.3 Å². The summed E-state index contributed by atoms with van der Waals surface area (Å²) in [5, 5.41) is 8.98. The Hall–Kier alpha value is -1.29. The Labute approximate surface area is 103 Å². The number of rotatable bonds is 2. The molecule has 5 heteroatoms. The van der Waals surface area contributed by atoms with Crippen molar-refractivity contribution in [3.05, 3.63) is 27.5 Å². The van der Waals surface area contributed by atoms with Crippen LogP contribution in [0, 0.1) is 5.82 Å². The predicted molar refractivity (Wildman–Crippen MR) is 61.6 cm³/mol. The van der Waals surface area contributed by atoms with Crippen molar-refractivity contribution in [3.63, 3.8) is 0 Å². The molecule has 0 saturated carbocycles. The van der Waals surface area contributed by atoms with E-state index in [2.05, 4.69) is 0 Å². The summed E-state index contributed by atoms with van der Waals surface area (Å²) in [6, 6.07) is 0. The maximum atomic E-state index is 14.0. The molecule has 1 aromatic rings. The maximum absolute atomic E-state index is 14.0. The fraction of sp³-hybridized carbons (Fsp3) is 0.417. The van der Waals surface area contributed by atoms with Gasteiger partial charge in [-0.2, -0.15) is 0 Å². The summed E-state index contributed by atoms with van der Waals surface area (Å²) in [7, 11) is 1.29. The van der Waals surface area contributed by atoms with Crippen molar-refractivity contribution in [3.8, 4) is 5.75 Å². The number of benzene rings is 1. The number of ether oxygens (including phenoxy) is 1. The van der Waals surface area contributed by atoms with E-state index in [1.807, 2.05) is 0 Å². The fourth-order valence-corrected chi connectivity index (χ4v) is 2.61. The molecule has 0 bridgehead atoms. The molecule has 2 rings (SSSR count). The zero-order valence-electron chi connectivity index (χ0n) is 9.35. The lowest BCUT2D eigenvalue weighted by Gasteiger charge is -2.21. The van der Waals surface area contributed by atoms with Gasteiger partial charge in [-0.25, -0.2) is 9.18 Å². The van der Waals surface area contributed by atoms with Gasteiger partial charge in [0.05, 0.1) is 7.11 Å². The quantitative estimate of drug-likeness (QED) is 0.887. The second-order valence-electron chi connectivity index (χ2n) is 4.01. The number of fused-ring (bicyclic) bond motifs is 1. The molecule has 0 heterocycles. The zero-order valence-corrected chi connectivity index (χ0v) is 10.1. The number of halogens is 2. The number of hydrogen-bond acceptors (Lipinski definition) is 2. The van der Waals surface area contributed by atoms with E-state index in [0.29, 0.717) is 24.0 Å². The molecule has 0 spiro atoms. The fourth-order valence-electron chi connectivity index (χ4n) is 2.32. The summed E-state index contributed by atoms with van der Waals surface area (Å²) in [5.74, 6) is -1.73. The first-order chi connectivity index (χ1) is 8.07. The van der Waals surface area contributed by atoms with Crippen LogP contribution in [0.2, 0.25) is 5.02 Å². The third-order valence-corrected chi connectivity index (χ3v) is 3.41. The van der Waals surface area contributed by atoms with Gasteiger partial charge in [0.15, 0.2) is 5.75 Å². The summed E-state index contributed by atoms with van der Waals surface area (Å²) < 4.78 is 18.9. The van der Waals surface area contributed by atoms with Gasteiger partial charge in [0.1, 0.15) is 16.4 Å². The Morgan fingerprint density at radius 3 is 2.47 bits per heavy atom. The van der Waals surface area contributed by atoms with Crippen LogP contribution in [0.4, 0.5) is 4.39 Å². The smallest absolute Gasteiger partial charge is 0.339 e. The van der Waals surface area contributed by atoms with Gasteiger partial charge in [0.25, 0.3) is 0 Å². The SMILES string of the molecule is COc1c(Cl)c(F)c2c(c1C(=O)O)CCCC2. The van der Waals surface area contributed by atoms with Crippen LogP contribution in [-0.4, -0.2) is 18.2 Å². The van der Waals surface area contributed by atoms with Crippen LogP contribution in [-0.2, 0) is 12.8 Å². The minimum absolute atomic E-state index is 0.00796. The molecule has 0 fully saturated rings. The van der Waals surface area contributed by atoms with Gasteiger partial charge in [-0.15, -0.1) is 0 Å². The largest absolute Gasteiger partial charge is 0.494 e. The van der Waals surface area contributed by atoms with Crippen molar-refractivity contribution in [1.82, 2.24) is 0 Å². The molecule has 1 aromatic carbocycles. The molecule has 0 unspecified atom stereocenters.